The first-order valence-electron chi connectivity index (χ1n) is 10.3. The molecule has 3 heterocycles. The first-order chi connectivity index (χ1) is 14.6. The van der Waals surface area contributed by atoms with Crippen LogP contribution in [0.15, 0.2) is 23.4 Å². The van der Waals surface area contributed by atoms with Crippen molar-refractivity contribution in [3.63, 3.8) is 0 Å². The summed E-state index contributed by atoms with van der Waals surface area (Å²) in [5.74, 6) is -0.245. The van der Waals surface area contributed by atoms with Crippen molar-refractivity contribution in [3.8, 4) is 0 Å². The first-order valence-corrected chi connectivity index (χ1v) is 11.5. The second-order valence-corrected chi connectivity index (χ2v) is 9.25. The van der Waals surface area contributed by atoms with Gasteiger partial charge in [-0.25, -0.2) is 9.97 Å². The number of halogens is 3. The molecule has 166 valence electrons. The van der Waals surface area contributed by atoms with Crippen LogP contribution in [-0.4, -0.2) is 35.2 Å². The van der Waals surface area contributed by atoms with Gasteiger partial charge in [0.25, 0.3) is 5.91 Å². The van der Waals surface area contributed by atoms with Gasteiger partial charge >= 0.3 is 6.18 Å². The monoisotopic (exact) mass is 450 g/mol. The fourth-order valence-electron chi connectivity index (χ4n) is 4.42. The number of alkyl halides is 3. The van der Waals surface area contributed by atoms with E-state index >= 15 is 0 Å². The van der Waals surface area contributed by atoms with Crippen LogP contribution in [0.4, 0.5) is 24.7 Å². The van der Waals surface area contributed by atoms with Crippen LogP contribution in [0.25, 0.3) is 0 Å². The number of thioether (sulfide) groups is 1. The van der Waals surface area contributed by atoms with Crippen LogP contribution in [0.3, 0.4) is 0 Å². The van der Waals surface area contributed by atoms with E-state index in [0.29, 0.717) is 35.0 Å². The van der Waals surface area contributed by atoms with Gasteiger partial charge in [0.2, 0.25) is 0 Å². The fraction of sp³-hybridized carbons (Fsp3) is 0.500. The number of aromatic nitrogens is 2. The number of nitrogens with zero attached hydrogens (tertiary/aromatic N) is 3. The third-order valence-electron chi connectivity index (χ3n) is 6.40. The van der Waals surface area contributed by atoms with Gasteiger partial charge < -0.3 is 10.2 Å². The summed E-state index contributed by atoms with van der Waals surface area (Å²) in [6.07, 6.45) is 3.23. The minimum absolute atomic E-state index is 0.00724. The minimum Gasteiger partial charge on any atom is -0.356 e. The predicted octanol–water partition coefficient (Wildman–Crippen LogP) is 5.47. The normalized spacial score (nSPS) is 17.7. The summed E-state index contributed by atoms with van der Waals surface area (Å²) in [5, 5.41) is 3.46. The van der Waals surface area contributed by atoms with Gasteiger partial charge in [-0.05, 0) is 68.9 Å². The topological polar surface area (TPSA) is 58.1 Å². The highest BCUT2D eigenvalue weighted by atomic mass is 32.2. The maximum atomic E-state index is 13.8. The Morgan fingerprint density at radius 2 is 1.87 bits per heavy atom. The summed E-state index contributed by atoms with van der Waals surface area (Å²) in [6, 6.07) is 3.32. The van der Waals surface area contributed by atoms with Crippen LogP contribution in [0.1, 0.15) is 52.9 Å². The molecule has 1 spiro atoms. The zero-order chi connectivity index (χ0) is 22.4. The summed E-state index contributed by atoms with van der Waals surface area (Å²) in [6.45, 7) is 4.12. The van der Waals surface area contributed by atoms with Crippen molar-refractivity contribution >= 4 is 29.2 Å². The average Bonchev–Trinajstić information content (AvgIpc) is 3.46. The van der Waals surface area contributed by atoms with Crippen LogP contribution < -0.4 is 10.2 Å². The van der Waals surface area contributed by atoms with Gasteiger partial charge in [0.15, 0.2) is 0 Å². The van der Waals surface area contributed by atoms with E-state index in [1.54, 1.807) is 18.3 Å². The maximum Gasteiger partial charge on any atom is 0.418 e. The number of aryl methyl sites for hydroxylation is 1. The fourth-order valence-corrected chi connectivity index (χ4v) is 4.83. The molecule has 0 radical (unpaired) electrons. The summed E-state index contributed by atoms with van der Waals surface area (Å²) < 4.78 is 41.3. The zero-order valence-corrected chi connectivity index (χ0v) is 18.6. The zero-order valence-electron chi connectivity index (χ0n) is 17.8. The second kappa shape index (κ2) is 8.00. The molecule has 5 nitrogen and oxygen atoms in total. The molecule has 1 amide bonds. The Morgan fingerprint density at radius 1 is 1.19 bits per heavy atom. The largest absolute Gasteiger partial charge is 0.418 e. The molecule has 1 saturated heterocycles. The van der Waals surface area contributed by atoms with Gasteiger partial charge in [-0.3, -0.25) is 4.79 Å². The number of pyridine rings is 2. The van der Waals surface area contributed by atoms with E-state index in [9.17, 15) is 18.0 Å². The number of rotatable bonds is 4. The summed E-state index contributed by atoms with van der Waals surface area (Å²) >= 11 is 1.42. The van der Waals surface area contributed by atoms with E-state index in [1.807, 2.05) is 11.2 Å². The van der Waals surface area contributed by atoms with Gasteiger partial charge in [0.1, 0.15) is 5.82 Å². The number of piperidine rings is 1. The molecule has 1 aliphatic carbocycles. The number of hydrogen-bond donors (Lipinski definition) is 1. The third kappa shape index (κ3) is 4.37. The van der Waals surface area contributed by atoms with Crippen molar-refractivity contribution in [1.29, 1.82) is 0 Å². The van der Waals surface area contributed by atoms with Crippen molar-refractivity contribution in [2.75, 3.05) is 29.6 Å². The van der Waals surface area contributed by atoms with Crippen molar-refractivity contribution in [2.24, 2.45) is 5.41 Å². The van der Waals surface area contributed by atoms with Crippen LogP contribution in [0.2, 0.25) is 0 Å². The second-order valence-electron chi connectivity index (χ2n) is 8.42. The molecule has 2 fully saturated rings. The molecular formula is C22H25F3N4OS. The minimum atomic E-state index is -4.59. The highest BCUT2D eigenvalue weighted by Gasteiger charge is 2.45. The van der Waals surface area contributed by atoms with Crippen molar-refractivity contribution in [1.82, 2.24) is 9.97 Å². The SMILES string of the molecule is CSc1cc(NC(=O)c2c(N3CCC4(CC3)CC4)nc(C)c(C(F)(F)F)c2C)ccn1. The lowest BCUT2D eigenvalue weighted by Gasteiger charge is -2.35. The summed E-state index contributed by atoms with van der Waals surface area (Å²) in [4.78, 5) is 23.7. The highest BCUT2D eigenvalue weighted by molar-refractivity contribution is 7.98. The predicted molar refractivity (Wildman–Crippen MR) is 116 cm³/mol. The van der Waals surface area contributed by atoms with Crippen LogP contribution >= 0.6 is 11.8 Å². The Hall–Kier alpha value is -2.29. The van der Waals surface area contributed by atoms with Gasteiger partial charge in [-0.15, -0.1) is 11.8 Å². The lowest BCUT2D eigenvalue weighted by Crippen LogP contribution is -2.37. The van der Waals surface area contributed by atoms with Crippen LogP contribution in [-0.2, 0) is 6.18 Å². The number of anilines is 2. The molecule has 1 N–H and O–H groups in total. The smallest absolute Gasteiger partial charge is 0.356 e. The molecule has 2 aromatic rings. The molecule has 4 rings (SSSR count). The van der Waals surface area contributed by atoms with E-state index in [2.05, 4.69) is 15.3 Å². The number of carbonyl (C=O) groups is 1. The molecule has 1 saturated carbocycles. The lowest BCUT2D eigenvalue weighted by molar-refractivity contribution is -0.138. The Kier molecular flexibility index (Phi) is 5.66. The van der Waals surface area contributed by atoms with Crippen molar-refractivity contribution < 1.29 is 18.0 Å². The first kappa shape index (κ1) is 21.9. The molecule has 1 aliphatic heterocycles. The van der Waals surface area contributed by atoms with E-state index in [4.69, 9.17) is 0 Å². The molecule has 2 aromatic heterocycles. The van der Waals surface area contributed by atoms with E-state index in [0.717, 1.165) is 12.8 Å². The summed E-state index contributed by atoms with van der Waals surface area (Å²) in [5.41, 5.74) is -0.140. The molecule has 2 aliphatic rings. The highest BCUT2D eigenvalue weighted by Crippen LogP contribution is 2.54. The number of nitrogens with one attached hydrogen (secondary N) is 1. The van der Waals surface area contributed by atoms with Crippen LogP contribution in [0.5, 0.6) is 0 Å². The quantitative estimate of drug-likeness (QED) is 0.627. The number of hydrogen-bond acceptors (Lipinski definition) is 5. The third-order valence-corrected chi connectivity index (χ3v) is 7.04. The molecular weight excluding hydrogens is 425 g/mol. The van der Waals surface area contributed by atoms with Gasteiger partial charge in [-0.2, -0.15) is 13.2 Å². The Balaban J connectivity index is 1.74. The molecule has 0 aromatic carbocycles. The summed E-state index contributed by atoms with van der Waals surface area (Å²) in [7, 11) is 0. The van der Waals surface area contributed by atoms with Crippen molar-refractivity contribution in [2.45, 2.75) is 50.7 Å². The number of amides is 1. The standard InChI is InChI=1S/C22H25F3N4OS/c1-13-17(20(30)28-15-4-9-26-16(12-15)31-3)19(27-14(2)18(13)22(23,24)25)29-10-7-21(5-6-21)8-11-29/h4,9,12H,5-8,10-11H2,1-3H3,(H,26,28,30). The van der Waals surface area contributed by atoms with Gasteiger partial charge in [0, 0.05) is 25.0 Å². The molecule has 31 heavy (non-hydrogen) atoms. The Morgan fingerprint density at radius 3 is 2.45 bits per heavy atom. The number of carbonyl (C=O) groups excluding carboxylic acids is 1. The van der Waals surface area contributed by atoms with E-state index in [1.165, 1.54) is 38.5 Å². The lowest BCUT2D eigenvalue weighted by atomic mass is 9.92. The van der Waals surface area contributed by atoms with Gasteiger partial charge in [0.05, 0.1) is 21.8 Å². The molecule has 0 bridgehead atoms. The Bertz CT molecular complexity index is 1010. The molecule has 9 heteroatoms. The molecule has 0 atom stereocenters. The molecule has 0 unspecified atom stereocenters. The van der Waals surface area contributed by atoms with E-state index < -0.39 is 17.6 Å². The Labute approximate surface area is 183 Å². The average molecular weight is 451 g/mol. The van der Waals surface area contributed by atoms with Gasteiger partial charge in [-0.1, -0.05) is 0 Å². The van der Waals surface area contributed by atoms with E-state index in [-0.39, 0.29) is 16.8 Å². The van der Waals surface area contributed by atoms with Crippen molar-refractivity contribution in [3.05, 3.63) is 40.7 Å². The maximum absolute atomic E-state index is 13.8. The van der Waals surface area contributed by atoms with Crippen LogP contribution in [0, 0.1) is 19.3 Å².